The molecule has 4 heteroatoms. The van der Waals surface area contributed by atoms with Crippen LogP contribution < -0.4 is 15.9 Å². The Labute approximate surface area is 266 Å². The second-order valence-corrected chi connectivity index (χ2v) is 14.8. The van der Waals surface area contributed by atoms with Crippen LogP contribution in [0.3, 0.4) is 0 Å². The molecule has 0 fully saturated rings. The number of hydrogen-bond donors (Lipinski definition) is 0. The molecule has 3 nitrogen and oxygen atoms in total. The van der Waals surface area contributed by atoms with Gasteiger partial charge in [-0.15, -0.1) is 0 Å². The Morgan fingerprint density at radius 2 is 0.978 bits per heavy atom. The van der Waals surface area contributed by atoms with Gasteiger partial charge in [0.1, 0.15) is 0 Å². The highest BCUT2D eigenvalue weighted by Crippen LogP contribution is 2.45. The van der Waals surface area contributed by atoms with E-state index in [0.717, 1.165) is 49.0 Å². The normalized spacial score (nSPS) is 12.1. The van der Waals surface area contributed by atoms with Crippen molar-refractivity contribution < 1.29 is 4.57 Å². The molecule has 0 aliphatic carbocycles. The van der Waals surface area contributed by atoms with Gasteiger partial charge in [0, 0.05) is 32.9 Å². The minimum Gasteiger partial charge on any atom is -0.309 e. The highest BCUT2D eigenvalue weighted by atomic mass is 31.2. The van der Waals surface area contributed by atoms with E-state index in [1.807, 2.05) is 73.1 Å². The first-order valence-corrected chi connectivity index (χ1v) is 17.3. The van der Waals surface area contributed by atoms with Crippen LogP contribution in [0.25, 0.3) is 59.8 Å². The zero-order valence-corrected chi connectivity index (χ0v) is 26.2. The fourth-order valence-corrected chi connectivity index (χ4v) is 9.93. The quantitative estimate of drug-likeness (QED) is 0.147. The van der Waals surface area contributed by atoms with E-state index in [-0.39, 0.29) is 0 Å². The summed E-state index contributed by atoms with van der Waals surface area (Å²) in [5, 5.41) is 12.1. The summed E-state index contributed by atoms with van der Waals surface area (Å²) in [4.78, 5) is 4.60. The third kappa shape index (κ3) is 3.92. The van der Waals surface area contributed by atoms with Gasteiger partial charge < -0.3 is 9.13 Å². The van der Waals surface area contributed by atoms with Crippen molar-refractivity contribution in [1.29, 1.82) is 0 Å². The number of hydrogen-bond acceptors (Lipinski definition) is 2. The molecule has 2 aromatic heterocycles. The number of pyridine rings is 1. The van der Waals surface area contributed by atoms with E-state index in [2.05, 4.69) is 101 Å². The number of benzene rings is 7. The molecular formula is C42H29N2OP. The second kappa shape index (κ2) is 10.3. The molecule has 0 radical (unpaired) electrons. The maximum absolute atomic E-state index is 15.4. The Hall–Kier alpha value is -5.50. The molecule has 0 bridgehead atoms. The molecule has 2 heterocycles. The molecule has 0 spiro atoms. The van der Waals surface area contributed by atoms with Crippen molar-refractivity contribution in [3.63, 3.8) is 0 Å². The summed E-state index contributed by atoms with van der Waals surface area (Å²) in [6, 6.07) is 50.4. The van der Waals surface area contributed by atoms with Crippen LogP contribution in [0.1, 0.15) is 5.56 Å². The summed E-state index contributed by atoms with van der Waals surface area (Å²) in [5.74, 6) is 0. The summed E-state index contributed by atoms with van der Waals surface area (Å²) >= 11 is 0. The van der Waals surface area contributed by atoms with Gasteiger partial charge in [-0.05, 0) is 69.1 Å². The lowest BCUT2D eigenvalue weighted by atomic mass is 9.93. The lowest BCUT2D eigenvalue weighted by Crippen LogP contribution is -2.25. The van der Waals surface area contributed by atoms with E-state index in [1.54, 1.807) is 0 Å². The summed E-state index contributed by atoms with van der Waals surface area (Å²) in [7, 11) is -3.18. The first-order valence-electron chi connectivity index (χ1n) is 15.6. The van der Waals surface area contributed by atoms with Crippen LogP contribution >= 0.6 is 7.14 Å². The molecule has 0 unspecified atom stereocenters. The number of nitrogens with zero attached hydrogens (tertiary/aromatic N) is 2. The molecule has 9 aromatic rings. The van der Waals surface area contributed by atoms with E-state index in [0.29, 0.717) is 0 Å². The zero-order chi connectivity index (χ0) is 30.8. The zero-order valence-electron chi connectivity index (χ0n) is 25.3. The van der Waals surface area contributed by atoms with Gasteiger partial charge in [0.25, 0.3) is 0 Å². The summed E-state index contributed by atoms with van der Waals surface area (Å²) in [6.45, 7) is 2.07. The second-order valence-electron chi connectivity index (χ2n) is 12.0. The fraction of sp³-hybridized carbons (Fsp3) is 0.0238. The van der Waals surface area contributed by atoms with Gasteiger partial charge in [0.15, 0.2) is 7.14 Å². The predicted molar refractivity (Wildman–Crippen MR) is 195 cm³/mol. The fourth-order valence-electron chi connectivity index (χ4n) is 7.26. The Bertz CT molecular complexity index is 2630. The maximum Gasteiger partial charge on any atom is 0.171 e. The van der Waals surface area contributed by atoms with Gasteiger partial charge in [-0.1, -0.05) is 121 Å². The van der Waals surface area contributed by atoms with Crippen LogP contribution in [0.15, 0.2) is 158 Å². The standard InChI is InChI=1S/C42H29N2OP/c1-28-22-29(27-43-26-28)44-41-23-32(46(45,30-12-4-2-5-13-30)31-14-6-3-7-15-31)20-21-37(41)40-24-38-35-18-10-8-16-33(35)34-17-9-11-19-36(34)39(38)25-42(40)44/h2-27H,1H3. The average Bonchev–Trinajstić information content (AvgIpc) is 3.44. The molecular weight excluding hydrogens is 579 g/mol. The summed E-state index contributed by atoms with van der Waals surface area (Å²) in [5.41, 5.74) is 4.17. The Balaban J connectivity index is 1.44. The van der Waals surface area contributed by atoms with Crippen LogP contribution in [-0.2, 0) is 4.57 Å². The summed E-state index contributed by atoms with van der Waals surface area (Å²) in [6.07, 6.45) is 3.81. The minimum atomic E-state index is -3.18. The molecule has 46 heavy (non-hydrogen) atoms. The molecule has 0 amide bonds. The largest absolute Gasteiger partial charge is 0.309 e. The van der Waals surface area contributed by atoms with Gasteiger partial charge in [0.05, 0.1) is 22.9 Å². The van der Waals surface area contributed by atoms with Crippen molar-refractivity contribution in [3.8, 4) is 5.69 Å². The number of fused-ring (bicyclic) bond motifs is 9. The monoisotopic (exact) mass is 608 g/mol. The number of aromatic nitrogens is 2. The molecule has 0 saturated heterocycles. The maximum atomic E-state index is 15.4. The van der Waals surface area contributed by atoms with Gasteiger partial charge >= 0.3 is 0 Å². The molecule has 0 atom stereocenters. The van der Waals surface area contributed by atoms with Crippen LogP contribution in [-0.4, -0.2) is 9.55 Å². The predicted octanol–water partition coefficient (Wildman–Crippen LogP) is 9.59. The highest BCUT2D eigenvalue weighted by Gasteiger charge is 2.30. The van der Waals surface area contributed by atoms with E-state index < -0.39 is 7.14 Å². The Morgan fingerprint density at radius 3 is 1.57 bits per heavy atom. The van der Waals surface area contributed by atoms with Gasteiger partial charge in [0.2, 0.25) is 0 Å². The minimum absolute atomic E-state index is 0.808. The third-order valence-electron chi connectivity index (χ3n) is 9.34. The van der Waals surface area contributed by atoms with Crippen molar-refractivity contribution in [1.82, 2.24) is 9.55 Å². The lowest BCUT2D eigenvalue weighted by Gasteiger charge is -2.20. The third-order valence-corrected chi connectivity index (χ3v) is 12.4. The summed E-state index contributed by atoms with van der Waals surface area (Å²) < 4.78 is 17.7. The van der Waals surface area contributed by atoms with Crippen LogP contribution in [0.2, 0.25) is 0 Å². The van der Waals surface area contributed by atoms with Crippen LogP contribution in [0, 0.1) is 6.92 Å². The average molecular weight is 609 g/mol. The molecule has 0 aliphatic rings. The van der Waals surface area contributed by atoms with Gasteiger partial charge in [-0.2, -0.15) is 0 Å². The lowest BCUT2D eigenvalue weighted by molar-refractivity contribution is 0.592. The highest BCUT2D eigenvalue weighted by molar-refractivity contribution is 7.85. The topological polar surface area (TPSA) is 34.9 Å². The van der Waals surface area contributed by atoms with E-state index in [1.165, 1.54) is 32.3 Å². The first-order chi connectivity index (χ1) is 22.6. The van der Waals surface area contributed by atoms with Crippen molar-refractivity contribution >= 4 is 77.2 Å². The van der Waals surface area contributed by atoms with Crippen molar-refractivity contribution in [3.05, 3.63) is 164 Å². The number of aryl methyl sites for hydroxylation is 1. The molecule has 0 N–H and O–H groups in total. The van der Waals surface area contributed by atoms with Crippen LogP contribution in [0.5, 0.6) is 0 Å². The molecule has 7 aromatic carbocycles. The molecule has 0 aliphatic heterocycles. The van der Waals surface area contributed by atoms with Crippen molar-refractivity contribution in [2.75, 3.05) is 0 Å². The van der Waals surface area contributed by atoms with Crippen LogP contribution in [0.4, 0.5) is 0 Å². The SMILES string of the molecule is Cc1cncc(-n2c3cc(P(=O)(c4ccccc4)c4ccccc4)ccc3c3cc4c5ccccc5c5ccccc5c4cc32)c1. The van der Waals surface area contributed by atoms with Crippen molar-refractivity contribution in [2.24, 2.45) is 0 Å². The Kier molecular flexibility index (Phi) is 6.00. The molecule has 218 valence electrons. The van der Waals surface area contributed by atoms with E-state index in [9.17, 15) is 0 Å². The van der Waals surface area contributed by atoms with Gasteiger partial charge in [-0.25, -0.2) is 0 Å². The molecule has 9 rings (SSSR count). The van der Waals surface area contributed by atoms with E-state index >= 15 is 4.57 Å². The smallest absolute Gasteiger partial charge is 0.171 e. The first kappa shape index (κ1) is 26.9. The Morgan fingerprint density at radius 1 is 0.457 bits per heavy atom. The van der Waals surface area contributed by atoms with Gasteiger partial charge in [-0.3, -0.25) is 4.98 Å². The molecule has 0 saturated carbocycles. The number of rotatable bonds is 4. The van der Waals surface area contributed by atoms with Crippen molar-refractivity contribution in [2.45, 2.75) is 6.92 Å². The van der Waals surface area contributed by atoms with E-state index in [4.69, 9.17) is 0 Å².